The fourth-order valence-corrected chi connectivity index (χ4v) is 1.56. The summed E-state index contributed by atoms with van der Waals surface area (Å²) in [6, 6.07) is 2.13. The molecule has 86 valence electrons. The predicted octanol–water partition coefficient (Wildman–Crippen LogP) is 1.48. The molecule has 0 aliphatic carbocycles. The molecule has 1 aromatic rings. The van der Waals surface area contributed by atoms with Gasteiger partial charge in [-0.1, -0.05) is 20.8 Å². The third-order valence-corrected chi connectivity index (χ3v) is 2.84. The van der Waals surface area contributed by atoms with Gasteiger partial charge in [0.15, 0.2) is 0 Å². The molecule has 1 rings (SSSR count). The van der Waals surface area contributed by atoms with E-state index in [0.29, 0.717) is 5.92 Å². The molecule has 0 bridgehead atoms. The molecule has 0 aromatic carbocycles. The lowest BCUT2D eigenvalue weighted by molar-refractivity contribution is 0.435. The number of hydrogen-bond acceptors (Lipinski definition) is 2. The molecule has 3 nitrogen and oxygen atoms in total. The molecule has 0 amide bonds. The molecule has 0 radical (unpaired) electrons. The molecular weight excluding hydrogens is 186 g/mol. The molecule has 4 N–H and O–H groups in total. The third-order valence-electron chi connectivity index (χ3n) is 2.84. The molecule has 1 atom stereocenters. The van der Waals surface area contributed by atoms with E-state index in [9.17, 15) is 0 Å². The maximum atomic E-state index is 5.57. The van der Waals surface area contributed by atoms with E-state index in [4.69, 9.17) is 5.73 Å². The van der Waals surface area contributed by atoms with Crippen LogP contribution >= 0.6 is 0 Å². The molecule has 1 unspecified atom stereocenters. The van der Waals surface area contributed by atoms with Crippen molar-refractivity contribution in [1.82, 2.24) is 10.3 Å². The molecule has 0 aliphatic rings. The molecule has 0 aliphatic heterocycles. The van der Waals surface area contributed by atoms with Crippen molar-refractivity contribution in [2.24, 2.45) is 11.7 Å². The Labute approximate surface area is 92.4 Å². The minimum atomic E-state index is 0.175. The largest absolute Gasteiger partial charge is 0.367 e. The fraction of sp³-hybridized carbons (Fsp3) is 0.667. The lowest BCUT2D eigenvalue weighted by Gasteiger charge is -2.25. The number of aromatic amines is 1. The summed E-state index contributed by atoms with van der Waals surface area (Å²) in [5, 5.41) is 3.47. The van der Waals surface area contributed by atoms with Gasteiger partial charge in [0.05, 0.1) is 0 Å². The van der Waals surface area contributed by atoms with Crippen molar-refractivity contribution in [2.75, 3.05) is 19.6 Å². The van der Waals surface area contributed by atoms with Crippen LogP contribution in [0.2, 0.25) is 0 Å². The van der Waals surface area contributed by atoms with Gasteiger partial charge in [-0.05, 0) is 30.6 Å². The molecule has 0 fully saturated rings. The summed E-state index contributed by atoms with van der Waals surface area (Å²) in [7, 11) is 0. The van der Waals surface area contributed by atoms with Gasteiger partial charge in [-0.2, -0.15) is 0 Å². The Hall–Kier alpha value is -0.800. The van der Waals surface area contributed by atoms with Crippen LogP contribution in [0, 0.1) is 5.92 Å². The second-order valence-corrected chi connectivity index (χ2v) is 4.96. The monoisotopic (exact) mass is 209 g/mol. The first kappa shape index (κ1) is 12.3. The average Bonchev–Trinajstić information content (AvgIpc) is 2.70. The van der Waals surface area contributed by atoms with Crippen LogP contribution in [0.25, 0.3) is 0 Å². The SMILES string of the molecule is CC(CN)CNCC(C)(C)c1cc[nH]c1. The van der Waals surface area contributed by atoms with Crippen molar-refractivity contribution in [2.45, 2.75) is 26.2 Å². The van der Waals surface area contributed by atoms with Crippen LogP contribution in [-0.4, -0.2) is 24.6 Å². The van der Waals surface area contributed by atoms with Gasteiger partial charge in [-0.25, -0.2) is 0 Å². The topological polar surface area (TPSA) is 53.8 Å². The van der Waals surface area contributed by atoms with Gasteiger partial charge in [0.25, 0.3) is 0 Å². The third kappa shape index (κ3) is 3.68. The van der Waals surface area contributed by atoms with Crippen LogP contribution in [0.4, 0.5) is 0 Å². The number of nitrogens with two attached hydrogens (primary N) is 1. The molecule has 3 heteroatoms. The van der Waals surface area contributed by atoms with Crippen LogP contribution in [0.5, 0.6) is 0 Å². The summed E-state index contributed by atoms with van der Waals surface area (Å²) in [4.78, 5) is 3.10. The summed E-state index contributed by atoms with van der Waals surface area (Å²) in [5.41, 5.74) is 7.09. The summed E-state index contributed by atoms with van der Waals surface area (Å²) in [6.07, 6.45) is 4.04. The Bertz CT molecular complexity index is 264. The molecule has 0 saturated heterocycles. The molecule has 0 spiro atoms. The van der Waals surface area contributed by atoms with Crippen LogP contribution < -0.4 is 11.1 Å². The average molecular weight is 209 g/mol. The van der Waals surface area contributed by atoms with Crippen molar-refractivity contribution in [3.8, 4) is 0 Å². The van der Waals surface area contributed by atoms with Crippen LogP contribution in [0.3, 0.4) is 0 Å². The maximum Gasteiger partial charge on any atom is 0.00438 e. The van der Waals surface area contributed by atoms with Gasteiger partial charge in [-0.3, -0.25) is 0 Å². The molecule has 1 heterocycles. The summed E-state index contributed by atoms with van der Waals surface area (Å²) in [5.74, 6) is 0.548. The van der Waals surface area contributed by atoms with E-state index in [1.165, 1.54) is 5.56 Å². The van der Waals surface area contributed by atoms with E-state index in [1.807, 2.05) is 6.20 Å². The standard InChI is InChI=1S/C12H23N3/c1-10(6-13)7-15-9-12(2,3)11-4-5-14-8-11/h4-5,8,10,14-15H,6-7,9,13H2,1-3H3. The van der Waals surface area contributed by atoms with Gasteiger partial charge >= 0.3 is 0 Å². The number of hydrogen-bond donors (Lipinski definition) is 3. The minimum absolute atomic E-state index is 0.175. The first-order valence-electron chi connectivity index (χ1n) is 5.60. The first-order valence-corrected chi connectivity index (χ1v) is 5.60. The highest BCUT2D eigenvalue weighted by Crippen LogP contribution is 2.21. The minimum Gasteiger partial charge on any atom is -0.367 e. The van der Waals surface area contributed by atoms with Crippen LogP contribution in [0.1, 0.15) is 26.3 Å². The summed E-state index contributed by atoms with van der Waals surface area (Å²) < 4.78 is 0. The van der Waals surface area contributed by atoms with Gasteiger partial charge in [0, 0.05) is 24.4 Å². The predicted molar refractivity (Wildman–Crippen MR) is 64.9 cm³/mol. The number of aromatic nitrogens is 1. The van der Waals surface area contributed by atoms with E-state index >= 15 is 0 Å². The van der Waals surface area contributed by atoms with E-state index in [1.54, 1.807) is 0 Å². The second kappa shape index (κ2) is 5.33. The highest BCUT2D eigenvalue weighted by molar-refractivity contribution is 5.20. The molecule has 15 heavy (non-hydrogen) atoms. The van der Waals surface area contributed by atoms with Gasteiger partial charge in [0.1, 0.15) is 0 Å². The number of rotatable bonds is 6. The Balaban J connectivity index is 2.37. The second-order valence-electron chi connectivity index (χ2n) is 4.96. The molecule has 0 saturated carbocycles. The number of H-pyrrole nitrogens is 1. The van der Waals surface area contributed by atoms with E-state index in [-0.39, 0.29) is 5.41 Å². The van der Waals surface area contributed by atoms with Gasteiger partial charge < -0.3 is 16.0 Å². The lowest BCUT2D eigenvalue weighted by atomic mass is 9.86. The Morgan fingerprint density at radius 2 is 2.27 bits per heavy atom. The maximum absolute atomic E-state index is 5.57. The highest BCUT2D eigenvalue weighted by atomic mass is 14.9. The van der Waals surface area contributed by atoms with Crippen LogP contribution in [-0.2, 0) is 5.41 Å². The van der Waals surface area contributed by atoms with E-state index < -0.39 is 0 Å². The van der Waals surface area contributed by atoms with Crippen LogP contribution in [0.15, 0.2) is 18.5 Å². The lowest BCUT2D eigenvalue weighted by Crippen LogP contribution is -2.36. The van der Waals surface area contributed by atoms with Gasteiger partial charge in [0.2, 0.25) is 0 Å². The smallest absolute Gasteiger partial charge is 0.00438 e. The Kier molecular flexibility index (Phi) is 4.36. The zero-order valence-electron chi connectivity index (χ0n) is 10.0. The van der Waals surface area contributed by atoms with Crippen molar-refractivity contribution in [1.29, 1.82) is 0 Å². The fourth-order valence-electron chi connectivity index (χ4n) is 1.56. The van der Waals surface area contributed by atoms with Gasteiger partial charge in [-0.15, -0.1) is 0 Å². The van der Waals surface area contributed by atoms with Crippen molar-refractivity contribution in [3.05, 3.63) is 24.0 Å². The first-order chi connectivity index (χ1) is 7.06. The highest BCUT2D eigenvalue weighted by Gasteiger charge is 2.20. The Morgan fingerprint density at radius 1 is 1.53 bits per heavy atom. The summed E-state index contributed by atoms with van der Waals surface area (Å²) in [6.45, 7) is 9.37. The van der Waals surface area contributed by atoms with Crippen molar-refractivity contribution in [3.63, 3.8) is 0 Å². The summed E-state index contributed by atoms with van der Waals surface area (Å²) >= 11 is 0. The van der Waals surface area contributed by atoms with E-state index in [2.05, 4.69) is 43.3 Å². The molecular formula is C12H23N3. The van der Waals surface area contributed by atoms with E-state index in [0.717, 1.165) is 19.6 Å². The number of nitrogens with one attached hydrogen (secondary N) is 2. The van der Waals surface area contributed by atoms with Crippen molar-refractivity contribution >= 4 is 0 Å². The zero-order valence-corrected chi connectivity index (χ0v) is 10.0. The molecule has 1 aromatic heterocycles. The quantitative estimate of drug-likeness (QED) is 0.664. The normalized spacial score (nSPS) is 14.1. The Morgan fingerprint density at radius 3 is 2.80 bits per heavy atom. The van der Waals surface area contributed by atoms with Crippen molar-refractivity contribution < 1.29 is 0 Å². The zero-order chi connectivity index (χ0) is 11.3.